The molecule has 0 radical (unpaired) electrons. The Labute approximate surface area is 162 Å². The third-order valence-electron chi connectivity index (χ3n) is 4.80. The first kappa shape index (κ1) is 18.4. The number of pyridine rings is 1. The van der Waals surface area contributed by atoms with Gasteiger partial charge >= 0.3 is 0 Å². The van der Waals surface area contributed by atoms with E-state index in [0.717, 1.165) is 34.8 Å². The van der Waals surface area contributed by atoms with Crippen LogP contribution in [0.1, 0.15) is 46.6 Å². The lowest BCUT2D eigenvalue weighted by molar-refractivity contribution is -0.0248. The van der Waals surface area contributed by atoms with E-state index in [2.05, 4.69) is 10.1 Å². The normalized spacial score (nSPS) is 17.1. The van der Waals surface area contributed by atoms with Crippen LogP contribution in [0.5, 0.6) is 0 Å². The van der Waals surface area contributed by atoms with Crippen molar-refractivity contribution >= 4 is 5.91 Å². The van der Waals surface area contributed by atoms with E-state index in [1.165, 1.54) is 6.26 Å². The van der Waals surface area contributed by atoms with Crippen LogP contribution in [0.2, 0.25) is 0 Å². The molecule has 4 rings (SSSR count). The third-order valence-corrected chi connectivity index (χ3v) is 4.80. The second-order valence-corrected chi connectivity index (χ2v) is 6.73. The number of carbonyl (C=O) groups excluding carboxylic acids is 1. The van der Waals surface area contributed by atoms with Crippen LogP contribution in [-0.4, -0.2) is 45.6 Å². The molecule has 146 valence electrons. The number of hydrogen-bond acceptors (Lipinski definition) is 7. The minimum Gasteiger partial charge on any atom is -0.448 e. The van der Waals surface area contributed by atoms with Gasteiger partial charge in [-0.3, -0.25) is 4.79 Å². The Balaban J connectivity index is 1.57. The van der Waals surface area contributed by atoms with Crippen LogP contribution in [0, 0.1) is 13.8 Å². The summed E-state index contributed by atoms with van der Waals surface area (Å²) in [7, 11) is 0. The highest BCUT2D eigenvalue weighted by Gasteiger charge is 2.29. The molecule has 1 aliphatic heterocycles. The summed E-state index contributed by atoms with van der Waals surface area (Å²) in [4.78, 5) is 23.3. The van der Waals surface area contributed by atoms with Gasteiger partial charge in [-0.15, -0.1) is 0 Å². The lowest BCUT2D eigenvalue weighted by Crippen LogP contribution is -2.42. The van der Waals surface area contributed by atoms with E-state index < -0.39 is 0 Å². The number of oxazole rings is 1. The van der Waals surface area contributed by atoms with E-state index in [-0.39, 0.29) is 12.0 Å². The number of carbonyl (C=O) groups is 1. The molecule has 0 aromatic carbocycles. The summed E-state index contributed by atoms with van der Waals surface area (Å²) >= 11 is 0. The van der Waals surface area contributed by atoms with E-state index in [4.69, 9.17) is 18.7 Å². The van der Waals surface area contributed by atoms with Crippen LogP contribution in [-0.2, 0) is 11.2 Å². The van der Waals surface area contributed by atoms with Crippen LogP contribution >= 0.6 is 0 Å². The summed E-state index contributed by atoms with van der Waals surface area (Å²) in [6.07, 6.45) is 1.82. The van der Waals surface area contributed by atoms with Gasteiger partial charge in [-0.25, -0.2) is 9.97 Å². The Bertz CT molecular complexity index is 994. The Morgan fingerprint density at radius 1 is 1.29 bits per heavy atom. The van der Waals surface area contributed by atoms with Crippen molar-refractivity contribution in [2.45, 2.75) is 33.3 Å². The summed E-state index contributed by atoms with van der Waals surface area (Å²) in [5, 5.41) is 4.06. The third kappa shape index (κ3) is 3.43. The van der Waals surface area contributed by atoms with Crippen molar-refractivity contribution in [1.82, 2.24) is 20.0 Å². The summed E-state index contributed by atoms with van der Waals surface area (Å²) in [5.41, 5.74) is 3.62. The molecule has 0 aliphatic carbocycles. The van der Waals surface area contributed by atoms with Crippen LogP contribution in [0.25, 0.3) is 11.3 Å². The first-order valence-corrected chi connectivity index (χ1v) is 9.32. The largest absolute Gasteiger partial charge is 0.448 e. The van der Waals surface area contributed by atoms with E-state index in [1.54, 1.807) is 11.8 Å². The van der Waals surface area contributed by atoms with Crippen molar-refractivity contribution in [2.24, 2.45) is 0 Å². The van der Waals surface area contributed by atoms with Gasteiger partial charge in [0.1, 0.15) is 18.1 Å². The van der Waals surface area contributed by atoms with Crippen molar-refractivity contribution < 1.29 is 18.5 Å². The second kappa shape index (κ2) is 7.55. The summed E-state index contributed by atoms with van der Waals surface area (Å²) < 4.78 is 16.5. The van der Waals surface area contributed by atoms with Crippen molar-refractivity contribution in [1.29, 1.82) is 0 Å². The van der Waals surface area contributed by atoms with Crippen LogP contribution in [0.15, 0.2) is 33.4 Å². The van der Waals surface area contributed by atoms with Gasteiger partial charge in [0.25, 0.3) is 5.91 Å². The molecular formula is C20H22N4O4. The fourth-order valence-corrected chi connectivity index (χ4v) is 3.39. The maximum atomic E-state index is 12.7. The predicted molar refractivity (Wildman–Crippen MR) is 99.7 cm³/mol. The van der Waals surface area contributed by atoms with Gasteiger partial charge in [-0.2, -0.15) is 0 Å². The fraction of sp³-hybridized carbons (Fsp3) is 0.400. The summed E-state index contributed by atoms with van der Waals surface area (Å²) in [6.45, 7) is 6.99. The van der Waals surface area contributed by atoms with Gasteiger partial charge in [0, 0.05) is 19.9 Å². The Morgan fingerprint density at radius 2 is 2.14 bits per heavy atom. The van der Waals surface area contributed by atoms with Gasteiger partial charge in [0.2, 0.25) is 0 Å². The zero-order valence-electron chi connectivity index (χ0n) is 16.1. The van der Waals surface area contributed by atoms with Crippen molar-refractivity contribution in [2.75, 3.05) is 19.7 Å². The van der Waals surface area contributed by atoms with Crippen LogP contribution < -0.4 is 0 Å². The maximum absolute atomic E-state index is 12.7. The molecule has 0 N–H and O–H groups in total. The fourth-order valence-electron chi connectivity index (χ4n) is 3.39. The quantitative estimate of drug-likeness (QED) is 0.684. The standard InChI is InChI=1S/C20H22N4O4/c1-4-17-19(12(2)23-28-17)15-7-5-6-14(22-15)18-10-24(8-9-26-18)20(25)16-11-27-13(3)21-16/h5-7,11,18H,4,8-10H2,1-3H3/t18-/m1/s1. The maximum Gasteiger partial charge on any atom is 0.275 e. The Kier molecular flexibility index (Phi) is 4.95. The highest BCUT2D eigenvalue weighted by Crippen LogP contribution is 2.29. The molecule has 8 nitrogen and oxygen atoms in total. The van der Waals surface area contributed by atoms with Crippen molar-refractivity contribution in [3.8, 4) is 11.3 Å². The lowest BCUT2D eigenvalue weighted by atomic mass is 10.1. The lowest BCUT2D eigenvalue weighted by Gasteiger charge is -2.32. The zero-order valence-corrected chi connectivity index (χ0v) is 16.1. The molecule has 8 heteroatoms. The number of rotatable bonds is 4. The summed E-state index contributed by atoms with van der Waals surface area (Å²) in [6, 6.07) is 5.79. The van der Waals surface area contributed by atoms with Gasteiger partial charge < -0.3 is 18.6 Å². The molecule has 0 saturated carbocycles. The molecule has 1 saturated heterocycles. The molecule has 1 amide bonds. The molecule has 1 fully saturated rings. The molecule has 3 aromatic heterocycles. The monoisotopic (exact) mass is 382 g/mol. The molecule has 0 spiro atoms. The topological polar surface area (TPSA) is 94.5 Å². The SMILES string of the molecule is CCc1onc(C)c1-c1cccc([C@H]2CN(C(=O)c3coc(C)n3)CCO2)n1. The van der Waals surface area contributed by atoms with Gasteiger partial charge in [0.05, 0.1) is 35.8 Å². The summed E-state index contributed by atoms with van der Waals surface area (Å²) in [5.74, 6) is 1.12. The highest BCUT2D eigenvalue weighted by molar-refractivity contribution is 5.92. The van der Waals surface area contributed by atoms with Gasteiger partial charge in [0.15, 0.2) is 11.6 Å². The van der Waals surface area contributed by atoms with E-state index in [0.29, 0.717) is 31.3 Å². The molecule has 28 heavy (non-hydrogen) atoms. The Morgan fingerprint density at radius 3 is 2.89 bits per heavy atom. The highest BCUT2D eigenvalue weighted by atomic mass is 16.5. The predicted octanol–water partition coefficient (Wildman–Crippen LogP) is 3.12. The van der Waals surface area contributed by atoms with E-state index in [9.17, 15) is 4.79 Å². The number of hydrogen-bond donors (Lipinski definition) is 0. The number of morpholine rings is 1. The molecule has 0 unspecified atom stereocenters. The minimum atomic E-state index is -0.309. The number of aryl methyl sites for hydroxylation is 3. The number of aromatic nitrogens is 3. The first-order valence-electron chi connectivity index (χ1n) is 9.32. The van der Waals surface area contributed by atoms with Crippen LogP contribution in [0.3, 0.4) is 0 Å². The molecule has 0 bridgehead atoms. The van der Waals surface area contributed by atoms with Crippen molar-refractivity contribution in [3.05, 3.63) is 53.2 Å². The first-order chi connectivity index (χ1) is 13.6. The molecule has 3 aromatic rings. The van der Waals surface area contributed by atoms with E-state index in [1.807, 2.05) is 32.0 Å². The average molecular weight is 382 g/mol. The van der Waals surface area contributed by atoms with Gasteiger partial charge in [-0.05, 0) is 19.1 Å². The minimum absolute atomic E-state index is 0.163. The van der Waals surface area contributed by atoms with Gasteiger partial charge in [-0.1, -0.05) is 18.1 Å². The van der Waals surface area contributed by atoms with Crippen molar-refractivity contribution in [3.63, 3.8) is 0 Å². The molecule has 4 heterocycles. The molecule has 1 aliphatic rings. The second-order valence-electron chi connectivity index (χ2n) is 6.73. The smallest absolute Gasteiger partial charge is 0.275 e. The number of ether oxygens (including phenoxy) is 1. The molecular weight excluding hydrogens is 360 g/mol. The molecule has 1 atom stereocenters. The number of amides is 1. The zero-order chi connectivity index (χ0) is 19.7. The van der Waals surface area contributed by atoms with E-state index >= 15 is 0 Å². The Hall–Kier alpha value is -3.00. The average Bonchev–Trinajstić information content (AvgIpc) is 3.33. The number of nitrogens with zero attached hydrogens (tertiary/aromatic N) is 4. The van der Waals surface area contributed by atoms with Crippen LogP contribution in [0.4, 0.5) is 0 Å².